The molecule has 82 valence electrons. The number of carbonyl (C=O) groups is 1. The van der Waals surface area contributed by atoms with Crippen molar-refractivity contribution in [3.63, 3.8) is 0 Å². The first kappa shape index (κ1) is 17.5. The van der Waals surface area contributed by atoms with Crippen molar-refractivity contribution >= 4 is 16.1 Å². The largest absolute Gasteiger partial charge is 1.00 e. The Morgan fingerprint density at radius 3 is 2.33 bits per heavy atom. The molecule has 0 spiro atoms. The SMILES string of the molecule is CCC/C=C(\CS(=O)(=O)[O-])C(=O)OC.[Na+]. The van der Waals surface area contributed by atoms with E-state index in [2.05, 4.69) is 4.74 Å². The van der Waals surface area contributed by atoms with Crippen molar-refractivity contribution in [3.8, 4) is 0 Å². The van der Waals surface area contributed by atoms with Crippen molar-refractivity contribution in [1.82, 2.24) is 0 Å². The maximum absolute atomic E-state index is 11.0. The van der Waals surface area contributed by atoms with Gasteiger partial charge in [-0.25, -0.2) is 13.2 Å². The Bertz CT molecular complexity index is 320. The molecule has 15 heavy (non-hydrogen) atoms. The zero-order chi connectivity index (χ0) is 11.2. The molecule has 0 aromatic rings. The molecule has 0 N–H and O–H groups in total. The van der Waals surface area contributed by atoms with Gasteiger partial charge in [-0.05, 0) is 6.42 Å². The van der Waals surface area contributed by atoms with Crippen molar-refractivity contribution in [3.05, 3.63) is 11.6 Å². The number of esters is 1. The summed E-state index contributed by atoms with van der Waals surface area (Å²) in [6.45, 7) is 1.87. The zero-order valence-corrected chi connectivity index (χ0v) is 12.0. The number of hydrogen-bond donors (Lipinski definition) is 0. The molecule has 0 amide bonds. The molecule has 0 rings (SSSR count). The third-order valence-electron chi connectivity index (χ3n) is 1.46. The number of rotatable bonds is 5. The molecule has 0 aromatic heterocycles. The van der Waals surface area contributed by atoms with Gasteiger partial charge in [0, 0.05) is 5.57 Å². The van der Waals surface area contributed by atoms with Gasteiger partial charge in [0.1, 0.15) is 0 Å². The fraction of sp³-hybridized carbons (Fsp3) is 0.625. The quantitative estimate of drug-likeness (QED) is 0.230. The zero-order valence-electron chi connectivity index (χ0n) is 9.15. The van der Waals surface area contributed by atoms with E-state index in [9.17, 15) is 17.8 Å². The van der Waals surface area contributed by atoms with Gasteiger partial charge >= 0.3 is 35.5 Å². The molecule has 0 aromatic carbocycles. The molecule has 0 radical (unpaired) electrons. The number of allylic oxidation sites excluding steroid dienone is 1. The van der Waals surface area contributed by atoms with Crippen LogP contribution in [0.2, 0.25) is 0 Å². The fourth-order valence-electron chi connectivity index (χ4n) is 0.841. The summed E-state index contributed by atoms with van der Waals surface area (Å²) in [4.78, 5) is 11.0. The molecule has 0 fully saturated rings. The predicted octanol–water partition coefficient (Wildman–Crippen LogP) is -2.56. The Labute approximate surface area is 112 Å². The average Bonchev–Trinajstić information content (AvgIpc) is 2.09. The Hall–Kier alpha value is 0.120. The van der Waals surface area contributed by atoms with Crippen LogP contribution in [0.15, 0.2) is 11.6 Å². The summed E-state index contributed by atoms with van der Waals surface area (Å²) in [5.74, 6) is -1.57. The first-order valence-electron chi connectivity index (χ1n) is 4.11. The van der Waals surface area contributed by atoms with E-state index in [1.54, 1.807) is 0 Å². The van der Waals surface area contributed by atoms with Gasteiger partial charge in [-0.1, -0.05) is 19.4 Å². The van der Waals surface area contributed by atoms with Gasteiger partial charge in [-0.2, -0.15) is 0 Å². The van der Waals surface area contributed by atoms with E-state index in [4.69, 9.17) is 0 Å². The van der Waals surface area contributed by atoms with E-state index in [0.29, 0.717) is 6.42 Å². The van der Waals surface area contributed by atoms with Crippen LogP contribution < -0.4 is 29.6 Å². The van der Waals surface area contributed by atoms with Crippen LogP contribution in [0.5, 0.6) is 0 Å². The fourth-order valence-corrected chi connectivity index (χ4v) is 1.46. The molecule has 5 nitrogen and oxygen atoms in total. The summed E-state index contributed by atoms with van der Waals surface area (Å²) in [7, 11) is -3.29. The van der Waals surface area contributed by atoms with Gasteiger partial charge in [0.05, 0.1) is 23.0 Å². The Kier molecular flexibility index (Phi) is 9.68. The molecule has 0 atom stereocenters. The molecule has 0 unspecified atom stereocenters. The predicted molar refractivity (Wildman–Crippen MR) is 49.6 cm³/mol. The number of hydrogen-bond acceptors (Lipinski definition) is 5. The van der Waals surface area contributed by atoms with Crippen LogP contribution in [0.25, 0.3) is 0 Å². The van der Waals surface area contributed by atoms with Crippen molar-refractivity contribution in [2.45, 2.75) is 19.8 Å². The molecule has 0 heterocycles. The molecule has 0 aliphatic heterocycles. The third kappa shape index (κ3) is 9.07. The molecule has 0 saturated carbocycles. The van der Waals surface area contributed by atoms with E-state index in [1.165, 1.54) is 6.08 Å². The van der Waals surface area contributed by atoms with Crippen LogP contribution in [-0.2, 0) is 19.6 Å². The number of carbonyl (C=O) groups excluding carboxylic acids is 1. The number of methoxy groups -OCH3 is 1. The Balaban J connectivity index is 0. The van der Waals surface area contributed by atoms with E-state index in [0.717, 1.165) is 13.5 Å². The summed E-state index contributed by atoms with van der Waals surface area (Å²) in [6.07, 6.45) is 2.72. The van der Waals surface area contributed by atoms with Gasteiger partial charge in [0.25, 0.3) is 0 Å². The minimum atomic E-state index is -4.43. The summed E-state index contributed by atoms with van der Waals surface area (Å²) < 4.78 is 35.6. The second-order valence-corrected chi connectivity index (χ2v) is 4.12. The van der Waals surface area contributed by atoms with E-state index >= 15 is 0 Å². The standard InChI is InChI=1S/C8H14O5S.Na/c1-3-4-5-7(8(9)13-2)6-14(10,11)12;/h5H,3-4,6H2,1-2H3,(H,10,11,12);/q;+1/p-1/b7-5+;. The summed E-state index contributed by atoms with van der Waals surface area (Å²) in [6, 6.07) is 0. The summed E-state index contributed by atoms with van der Waals surface area (Å²) >= 11 is 0. The topological polar surface area (TPSA) is 83.5 Å². The molecular formula is C8H13NaO5S. The van der Waals surface area contributed by atoms with Crippen LogP contribution in [0, 0.1) is 0 Å². The molecule has 7 heteroatoms. The minimum Gasteiger partial charge on any atom is -0.748 e. The van der Waals surface area contributed by atoms with E-state index in [-0.39, 0.29) is 35.1 Å². The van der Waals surface area contributed by atoms with Crippen LogP contribution in [-0.4, -0.2) is 31.8 Å². The van der Waals surface area contributed by atoms with Crippen molar-refractivity contribution in [2.75, 3.05) is 12.9 Å². The molecule has 0 aliphatic carbocycles. The maximum Gasteiger partial charge on any atom is 1.00 e. The second-order valence-electron chi connectivity index (χ2n) is 2.71. The molecule has 0 bridgehead atoms. The van der Waals surface area contributed by atoms with Crippen LogP contribution in [0.1, 0.15) is 19.8 Å². The first-order chi connectivity index (χ1) is 6.40. The van der Waals surface area contributed by atoms with Gasteiger partial charge < -0.3 is 9.29 Å². The van der Waals surface area contributed by atoms with Crippen LogP contribution >= 0.6 is 0 Å². The normalized spacial score (nSPS) is 11.8. The van der Waals surface area contributed by atoms with Crippen molar-refractivity contribution in [1.29, 1.82) is 0 Å². The van der Waals surface area contributed by atoms with Crippen molar-refractivity contribution in [2.24, 2.45) is 0 Å². The Morgan fingerprint density at radius 2 is 2.00 bits per heavy atom. The van der Waals surface area contributed by atoms with Gasteiger partial charge in [0.15, 0.2) is 0 Å². The van der Waals surface area contributed by atoms with Gasteiger partial charge in [-0.15, -0.1) is 0 Å². The Morgan fingerprint density at radius 1 is 1.47 bits per heavy atom. The number of unbranched alkanes of at least 4 members (excludes halogenated alkanes) is 1. The van der Waals surface area contributed by atoms with Crippen LogP contribution in [0.3, 0.4) is 0 Å². The van der Waals surface area contributed by atoms with Crippen molar-refractivity contribution < 1.29 is 52.1 Å². The minimum absolute atomic E-state index is 0. The summed E-state index contributed by atoms with van der Waals surface area (Å²) in [5, 5.41) is 0. The van der Waals surface area contributed by atoms with Gasteiger partial charge in [-0.3, -0.25) is 0 Å². The third-order valence-corrected chi connectivity index (χ3v) is 2.12. The maximum atomic E-state index is 11.0. The van der Waals surface area contributed by atoms with E-state index < -0.39 is 21.8 Å². The van der Waals surface area contributed by atoms with Gasteiger partial charge in [0.2, 0.25) is 0 Å². The second kappa shape index (κ2) is 8.29. The molecule has 0 saturated heterocycles. The molecule has 0 aliphatic rings. The average molecular weight is 244 g/mol. The first-order valence-corrected chi connectivity index (χ1v) is 5.69. The monoisotopic (exact) mass is 244 g/mol. The van der Waals surface area contributed by atoms with E-state index in [1.807, 2.05) is 6.92 Å². The van der Waals surface area contributed by atoms with Crippen LogP contribution in [0.4, 0.5) is 0 Å². The summed E-state index contributed by atoms with van der Waals surface area (Å²) in [5.41, 5.74) is -0.0932. The molecular weight excluding hydrogens is 231 g/mol. The number of ether oxygens (including phenoxy) is 1. The smallest absolute Gasteiger partial charge is 0.748 e.